The standard InChI is InChI=1S/C27H32N4O5/c1-13(2)6-19(21(28)33)29-22(34)16-7-14-9-27(36)24-25(12-31(24)3)11-26(27,10-20(14)30-23(16)35)18-8-15(32)4-5-17(18)25/h4-5,7-8,13,19,24,32,36H,6,9-12H2,1-3H3,(H2,28,33)(H,29,34)(H,30,35)/t19-,24+,25?,26-,27+/m0/s1. The number of nitrogens with one attached hydrogen (secondary N) is 2. The minimum Gasteiger partial charge on any atom is -0.508 e. The number of aromatic nitrogens is 1. The number of H-pyrrole nitrogens is 1. The summed E-state index contributed by atoms with van der Waals surface area (Å²) in [6.45, 7) is 4.66. The molecule has 2 fully saturated rings. The highest BCUT2D eigenvalue weighted by Crippen LogP contribution is 2.72. The second kappa shape index (κ2) is 7.20. The van der Waals surface area contributed by atoms with E-state index in [-0.39, 0.29) is 35.1 Å². The van der Waals surface area contributed by atoms with E-state index >= 15 is 0 Å². The fourth-order valence-electron chi connectivity index (χ4n) is 8.10. The number of aromatic amines is 1. The molecule has 190 valence electrons. The second-order valence-corrected chi connectivity index (χ2v) is 11.8. The van der Waals surface area contributed by atoms with Gasteiger partial charge in [0.2, 0.25) is 5.91 Å². The van der Waals surface area contributed by atoms with Crippen molar-refractivity contribution in [3.05, 3.63) is 62.6 Å². The number of phenols is 1. The molecule has 0 radical (unpaired) electrons. The van der Waals surface area contributed by atoms with Gasteiger partial charge in [0.05, 0.1) is 11.6 Å². The third-order valence-corrected chi connectivity index (χ3v) is 9.20. The van der Waals surface area contributed by atoms with Gasteiger partial charge in [-0.15, -0.1) is 0 Å². The molecule has 1 unspecified atom stereocenters. The van der Waals surface area contributed by atoms with Crippen molar-refractivity contribution >= 4 is 11.8 Å². The molecule has 1 saturated heterocycles. The Bertz CT molecular complexity index is 1380. The Morgan fingerprint density at radius 2 is 2.00 bits per heavy atom. The Morgan fingerprint density at radius 3 is 2.67 bits per heavy atom. The number of pyridine rings is 1. The topological polar surface area (TPSA) is 149 Å². The molecule has 2 amide bonds. The summed E-state index contributed by atoms with van der Waals surface area (Å²) in [6.07, 6.45) is 1.81. The van der Waals surface area contributed by atoms with Crippen LogP contribution in [0.3, 0.4) is 0 Å². The lowest BCUT2D eigenvalue weighted by Crippen LogP contribution is -2.74. The molecule has 4 aliphatic rings. The van der Waals surface area contributed by atoms with Gasteiger partial charge in [0, 0.05) is 35.9 Å². The molecule has 2 heterocycles. The normalized spacial score (nSPS) is 32.2. The molecule has 6 N–H and O–H groups in total. The van der Waals surface area contributed by atoms with E-state index < -0.39 is 34.4 Å². The van der Waals surface area contributed by atoms with Crippen molar-refractivity contribution in [2.24, 2.45) is 11.7 Å². The fourth-order valence-corrected chi connectivity index (χ4v) is 8.10. The monoisotopic (exact) mass is 492 g/mol. The lowest BCUT2D eigenvalue weighted by molar-refractivity contribution is -0.126. The van der Waals surface area contributed by atoms with Gasteiger partial charge in [0.1, 0.15) is 17.4 Å². The van der Waals surface area contributed by atoms with Crippen LogP contribution in [0.5, 0.6) is 5.75 Å². The predicted octanol–water partition coefficient (Wildman–Crippen LogP) is 0.447. The van der Waals surface area contributed by atoms with Crippen LogP contribution in [0.25, 0.3) is 0 Å². The lowest BCUT2D eigenvalue weighted by Gasteiger charge is -2.61. The van der Waals surface area contributed by atoms with E-state index in [4.69, 9.17) is 5.73 Å². The van der Waals surface area contributed by atoms with Crippen LogP contribution in [0.4, 0.5) is 0 Å². The van der Waals surface area contributed by atoms with E-state index in [0.717, 1.165) is 24.1 Å². The van der Waals surface area contributed by atoms with E-state index in [1.165, 1.54) is 5.56 Å². The number of hydrogen-bond donors (Lipinski definition) is 5. The van der Waals surface area contributed by atoms with Gasteiger partial charge in [0.25, 0.3) is 11.5 Å². The van der Waals surface area contributed by atoms with Crippen LogP contribution >= 0.6 is 0 Å². The van der Waals surface area contributed by atoms with Gasteiger partial charge in [-0.05, 0) is 60.7 Å². The number of amides is 2. The summed E-state index contributed by atoms with van der Waals surface area (Å²) in [7, 11) is 2.02. The average Bonchev–Trinajstić information content (AvgIpc) is 3.14. The fraction of sp³-hybridized carbons (Fsp3) is 0.519. The summed E-state index contributed by atoms with van der Waals surface area (Å²) in [4.78, 5) is 43.0. The zero-order valence-corrected chi connectivity index (χ0v) is 20.7. The number of benzene rings is 1. The highest BCUT2D eigenvalue weighted by atomic mass is 16.3. The van der Waals surface area contributed by atoms with Gasteiger partial charge >= 0.3 is 0 Å². The van der Waals surface area contributed by atoms with Crippen molar-refractivity contribution in [1.82, 2.24) is 15.2 Å². The highest BCUT2D eigenvalue weighted by molar-refractivity contribution is 5.97. The first kappa shape index (κ1) is 23.2. The number of nitrogens with zero attached hydrogens (tertiary/aromatic N) is 1. The molecule has 5 atom stereocenters. The predicted molar refractivity (Wildman–Crippen MR) is 132 cm³/mol. The van der Waals surface area contributed by atoms with Crippen molar-refractivity contribution in [1.29, 1.82) is 0 Å². The van der Waals surface area contributed by atoms with Gasteiger partial charge in [-0.2, -0.15) is 0 Å². The summed E-state index contributed by atoms with van der Waals surface area (Å²) in [5, 5.41) is 25.3. The van der Waals surface area contributed by atoms with Gasteiger partial charge in [-0.25, -0.2) is 0 Å². The number of aromatic hydroxyl groups is 1. The van der Waals surface area contributed by atoms with Crippen molar-refractivity contribution < 1.29 is 19.8 Å². The molecule has 1 aromatic carbocycles. The third kappa shape index (κ3) is 2.75. The Kier molecular flexibility index (Phi) is 4.65. The average molecular weight is 493 g/mol. The summed E-state index contributed by atoms with van der Waals surface area (Å²) in [5.41, 5.74) is 6.45. The molecule has 3 aliphatic carbocycles. The van der Waals surface area contributed by atoms with Crippen LogP contribution in [-0.2, 0) is 28.5 Å². The summed E-state index contributed by atoms with van der Waals surface area (Å²) >= 11 is 0. The third-order valence-electron chi connectivity index (χ3n) is 9.20. The van der Waals surface area contributed by atoms with Crippen molar-refractivity contribution in [3.63, 3.8) is 0 Å². The quantitative estimate of drug-likeness (QED) is 0.409. The molecule has 1 aliphatic heterocycles. The first-order chi connectivity index (χ1) is 16.9. The zero-order valence-electron chi connectivity index (χ0n) is 20.7. The second-order valence-electron chi connectivity index (χ2n) is 11.8. The van der Waals surface area contributed by atoms with E-state index in [0.29, 0.717) is 18.5 Å². The largest absolute Gasteiger partial charge is 0.508 e. The maximum Gasteiger partial charge on any atom is 0.261 e. The molecule has 1 saturated carbocycles. The first-order valence-corrected chi connectivity index (χ1v) is 12.5. The molecule has 9 nitrogen and oxygen atoms in total. The molecule has 2 aromatic rings. The number of nitrogens with two attached hydrogens (primary N) is 1. The van der Waals surface area contributed by atoms with Crippen molar-refractivity contribution in [3.8, 4) is 5.75 Å². The summed E-state index contributed by atoms with van der Waals surface area (Å²) in [6, 6.07) is 6.05. The maximum atomic E-state index is 13.0. The van der Waals surface area contributed by atoms with Crippen LogP contribution in [-0.4, -0.2) is 63.2 Å². The molecular weight excluding hydrogens is 460 g/mol. The van der Waals surface area contributed by atoms with Gasteiger partial charge in [-0.3, -0.25) is 19.3 Å². The number of fused-ring (bicyclic) bond motifs is 3. The number of carbonyl (C=O) groups excluding carboxylic acids is 2. The van der Waals surface area contributed by atoms with Gasteiger partial charge in [-0.1, -0.05) is 19.9 Å². The number of primary amides is 1. The SMILES string of the molecule is CC(C)C[C@H](NC(=O)c1cc2c([nH]c1=O)C[C@@]13CC4(CN(C)[C@H]4[C@]1(O)C2)c1ccc(O)cc13)C(N)=O. The zero-order chi connectivity index (χ0) is 25.8. The Morgan fingerprint density at radius 1 is 1.25 bits per heavy atom. The van der Waals surface area contributed by atoms with Crippen LogP contribution < -0.4 is 16.6 Å². The van der Waals surface area contributed by atoms with E-state index in [1.54, 1.807) is 18.2 Å². The van der Waals surface area contributed by atoms with Crippen LogP contribution in [0.2, 0.25) is 0 Å². The number of phenolic OH excluding ortho intramolecular Hbond substituents is 1. The van der Waals surface area contributed by atoms with Gasteiger partial charge < -0.3 is 26.2 Å². The Labute approximate surface area is 208 Å². The minimum atomic E-state index is -1.12. The molecule has 9 heteroatoms. The van der Waals surface area contributed by atoms with E-state index in [2.05, 4.69) is 15.2 Å². The maximum absolute atomic E-state index is 13.0. The van der Waals surface area contributed by atoms with Crippen LogP contribution in [0.1, 0.15) is 59.4 Å². The summed E-state index contributed by atoms with van der Waals surface area (Å²) in [5.74, 6) is -1.02. The molecular formula is C27H32N4O5. The van der Waals surface area contributed by atoms with Crippen LogP contribution in [0.15, 0.2) is 29.1 Å². The van der Waals surface area contributed by atoms with Gasteiger partial charge in [0.15, 0.2) is 0 Å². The molecule has 1 aromatic heterocycles. The molecule has 6 rings (SSSR count). The van der Waals surface area contributed by atoms with E-state index in [9.17, 15) is 24.6 Å². The number of hydrogen-bond acceptors (Lipinski definition) is 6. The minimum absolute atomic E-state index is 0.0929. The first-order valence-electron chi connectivity index (χ1n) is 12.5. The molecule has 36 heavy (non-hydrogen) atoms. The smallest absolute Gasteiger partial charge is 0.261 e. The van der Waals surface area contributed by atoms with Crippen molar-refractivity contribution in [2.75, 3.05) is 13.6 Å². The number of carbonyl (C=O) groups is 2. The number of rotatable bonds is 5. The highest BCUT2D eigenvalue weighted by Gasteiger charge is 2.80. The number of aliphatic hydroxyl groups is 1. The Hall–Kier alpha value is -3.17. The summed E-state index contributed by atoms with van der Waals surface area (Å²) < 4.78 is 0. The number of likely N-dealkylation sites (N-methyl/N-ethyl adjacent to an activating group) is 1. The van der Waals surface area contributed by atoms with Crippen molar-refractivity contribution in [2.45, 2.75) is 68.0 Å². The Balaban J connectivity index is 1.41. The molecule has 2 bridgehead atoms. The van der Waals surface area contributed by atoms with Crippen LogP contribution in [0, 0.1) is 5.92 Å². The van der Waals surface area contributed by atoms with E-state index in [1.807, 2.05) is 27.0 Å². The number of likely N-dealkylation sites (tertiary alicyclic amines) is 1. The molecule has 2 spiro atoms. The lowest BCUT2D eigenvalue weighted by atomic mass is 9.55.